The predicted molar refractivity (Wildman–Crippen MR) is 106 cm³/mol. The second-order valence-corrected chi connectivity index (χ2v) is 7.11. The monoisotopic (exact) mass is 399 g/mol. The van der Waals surface area contributed by atoms with E-state index in [2.05, 4.69) is 10.3 Å². The molecule has 0 fully saturated rings. The predicted octanol–water partition coefficient (Wildman–Crippen LogP) is 0.740. The molecule has 3 aromatic rings. The number of aliphatic hydroxyl groups is 5. The Kier molecular flexibility index (Phi) is 6.41. The van der Waals surface area contributed by atoms with E-state index in [0.717, 1.165) is 11.3 Å². The Labute approximate surface area is 168 Å². The van der Waals surface area contributed by atoms with Crippen molar-refractivity contribution in [3.8, 4) is 16.9 Å². The summed E-state index contributed by atoms with van der Waals surface area (Å²) >= 11 is 0. The zero-order valence-corrected chi connectivity index (χ0v) is 16.2. The molecule has 1 aromatic heterocycles. The van der Waals surface area contributed by atoms with Crippen LogP contribution in [0.5, 0.6) is 0 Å². The van der Waals surface area contributed by atoms with Crippen LogP contribution in [0.2, 0.25) is 0 Å². The number of aryl methyl sites for hydroxylation is 1. The topological polar surface area (TPSA) is 132 Å². The molecule has 0 amide bonds. The van der Waals surface area contributed by atoms with E-state index in [1.165, 1.54) is 6.92 Å². The van der Waals surface area contributed by atoms with E-state index in [9.17, 15) is 25.5 Å². The first-order valence-corrected chi connectivity index (χ1v) is 9.28. The molecule has 5 unspecified atom stereocenters. The lowest BCUT2D eigenvalue weighted by molar-refractivity contribution is -0.131. The third kappa shape index (κ3) is 4.52. The van der Waals surface area contributed by atoms with Crippen molar-refractivity contribution >= 4 is 0 Å². The molecule has 0 radical (unpaired) electrons. The molecule has 0 aliphatic rings. The highest BCUT2D eigenvalue weighted by molar-refractivity contribution is 5.58. The molecule has 0 aliphatic carbocycles. The molecule has 154 valence electrons. The average Bonchev–Trinajstić information content (AvgIpc) is 3.22. The lowest BCUT2D eigenvalue weighted by Gasteiger charge is -2.28. The van der Waals surface area contributed by atoms with E-state index >= 15 is 0 Å². The van der Waals surface area contributed by atoms with E-state index < -0.39 is 30.5 Å². The van der Waals surface area contributed by atoms with Crippen molar-refractivity contribution in [1.29, 1.82) is 0 Å². The number of hydrogen-bond acceptors (Lipinski definition) is 7. The molecule has 0 bridgehead atoms. The van der Waals surface area contributed by atoms with Gasteiger partial charge in [0, 0.05) is 5.56 Å². The van der Waals surface area contributed by atoms with Gasteiger partial charge in [-0.1, -0.05) is 41.6 Å². The summed E-state index contributed by atoms with van der Waals surface area (Å²) in [5.74, 6) is 0. The van der Waals surface area contributed by atoms with Crippen LogP contribution in [-0.4, -0.2) is 64.9 Å². The zero-order chi connectivity index (χ0) is 21.1. The van der Waals surface area contributed by atoms with Crippen molar-refractivity contribution in [2.24, 2.45) is 0 Å². The molecule has 0 saturated carbocycles. The Balaban J connectivity index is 1.81. The summed E-state index contributed by atoms with van der Waals surface area (Å²) < 4.78 is 1.61. The highest BCUT2D eigenvalue weighted by atomic mass is 16.4. The van der Waals surface area contributed by atoms with Crippen molar-refractivity contribution in [3.05, 3.63) is 65.9 Å². The van der Waals surface area contributed by atoms with Gasteiger partial charge in [0.05, 0.1) is 18.0 Å². The van der Waals surface area contributed by atoms with Crippen molar-refractivity contribution < 1.29 is 25.5 Å². The number of aliphatic hydroxyl groups excluding tert-OH is 5. The van der Waals surface area contributed by atoms with Gasteiger partial charge in [-0.2, -0.15) is 0 Å². The average molecular weight is 399 g/mol. The van der Waals surface area contributed by atoms with Gasteiger partial charge in [-0.3, -0.25) is 0 Å². The van der Waals surface area contributed by atoms with Crippen LogP contribution < -0.4 is 0 Å². The maximum Gasteiger partial charge on any atom is 0.113 e. The van der Waals surface area contributed by atoms with Crippen LogP contribution in [-0.2, 0) is 0 Å². The molecule has 8 heteroatoms. The summed E-state index contributed by atoms with van der Waals surface area (Å²) in [5.41, 5.74) is 3.42. The maximum atomic E-state index is 10.4. The molecule has 0 spiro atoms. The van der Waals surface area contributed by atoms with E-state index in [4.69, 9.17) is 0 Å². The first kappa shape index (κ1) is 21.1. The van der Waals surface area contributed by atoms with Gasteiger partial charge in [0.1, 0.15) is 30.1 Å². The summed E-state index contributed by atoms with van der Waals surface area (Å²) in [6.07, 6.45) is -5.85. The van der Waals surface area contributed by atoms with Crippen molar-refractivity contribution in [2.75, 3.05) is 0 Å². The Morgan fingerprint density at radius 3 is 2.17 bits per heavy atom. The molecule has 29 heavy (non-hydrogen) atoms. The lowest BCUT2D eigenvalue weighted by Crippen LogP contribution is -2.45. The molecule has 1 heterocycles. The third-order valence-electron chi connectivity index (χ3n) is 4.92. The maximum absolute atomic E-state index is 10.4. The van der Waals surface area contributed by atoms with Gasteiger partial charge in [-0.25, -0.2) is 4.68 Å². The summed E-state index contributed by atoms with van der Waals surface area (Å²) in [7, 11) is 0. The number of benzene rings is 2. The molecule has 5 N–H and O–H groups in total. The Bertz CT molecular complexity index is 944. The number of nitrogens with zero attached hydrogens (tertiary/aromatic N) is 3. The quantitative estimate of drug-likeness (QED) is 0.396. The van der Waals surface area contributed by atoms with Gasteiger partial charge in [0.15, 0.2) is 0 Å². The van der Waals surface area contributed by atoms with E-state index in [-0.39, 0.29) is 0 Å². The van der Waals surface area contributed by atoms with Gasteiger partial charge >= 0.3 is 0 Å². The second kappa shape index (κ2) is 8.81. The second-order valence-electron chi connectivity index (χ2n) is 7.11. The molecular formula is C21H25N3O5. The largest absolute Gasteiger partial charge is 0.391 e. The zero-order valence-electron chi connectivity index (χ0n) is 16.2. The standard InChI is InChI=1S/C21H25N3O5/c1-12-10-15(24-11-17(22-23-24)14-6-4-3-5-7-14)8-9-16(12)19(27)21(29)20(28)18(26)13(2)25/h3-11,13,18-21,25-29H,1-2H3. The summed E-state index contributed by atoms with van der Waals surface area (Å²) in [4.78, 5) is 0. The van der Waals surface area contributed by atoms with Crippen molar-refractivity contribution in [1.82, 2.24) is 15.0 Å². The SMILES string of the molecule is Cc1cc(-n2cc(-c3ccccc3)nn2)ccc1C(O)C(O)C(O)C(O)C(C)O. The van der Waals surface area contributed by atoms with E-state index in [1.807, 2.05) is 30.3 Å². The van der Waals surface area contributed by atoms with Crippen molar-refractivity contribution in [3.63, 3.8) is 0 Å². The van der Waals surface area contributed by atoms with Crippen molar-refractivity contribution in [2.45, 2.75) is 44.4 Å². The number of hydrogen-bond donors (Lipinski definition) is 5. The third-order valence-corrected chi connectivity index (χ3v) is 4.92. The molecule has 8 nitrogen and oxygen atoms in total. The van der Waals surface area contributed by atoms with Crippen LogP contribution >= 0.6 is 0 Å². The fourth-order valence-electron chi connectivity index (χ4n) is 3.12. The number of aromatic nitrogens is 3. The molecule has 5 atom stereocenters. The first-order chi connectivity index (χ1) is 13.8. The Morgan fingerprint density at radius 1 is 0.862 bits per heavy atom. The van der Waals surface area contributed by atoms with Gasteiger partial charge in [-0.05, 0) is 37.1 Å². The van der Waals surface area contributed by atoms with Gasteiger partial charge in [0.2, 0.25) is 0 Å². The Hall–Kier alpha value is -2.62. The molecule has 0 aliphatic heterocycles. The minimum Gasteiger partial charge on any atom is -0.391 e. The molecule has 2 aromatic carbocycles. The van der Waals surface area contributed by atoms with Crippen LogP contribution in [0.15, 0.2) is 54.7 Å². The molecule has 3 rings (SSSR count). The van der Waals surface area contributed by atoms with E-state index in [0.29, 0.717) is 16.8 Å². The minimum absolute atomic E-state index is 0.390. The normalized spacial score (nSPS) is 16.8. The molecular weight excluding hydrogens is 374 g/mol. The molecule has 0 saturated heterocycles. The highest BCUT2D eigenvalue weighted by Crippen LogP contribution is 2.26. The summed E-state index contributed by atoms with van der Waals surface area (Å²) in [6.45, 7) is 3.04. The van der Waals surface area contributed by atoms with Crippen LogP contribution in [0, 0.1) is 6.92 Å². The number of rotatable bonds is 7. The van der Waals surface area contributed by atoms with Gasteiger partial charge in [0.25, 0.3) is 0 Å². The highest BCUT2D eigenvalue weighted by Gasteiger charge is 2.34. The summed E-state index contributed by atoms with van der Waals surface area (Å²) in [6, 6.07) is 14.7. The fourth-order valence-corrected chi connectivity index (χ4v) is 3.12. The first-order valence-electron chi connectivity index (χ1n) is 9.28. The minimum atomic E-state index is -1.70. The van der Waals surface area contributed by atoms with Gasteiger partial charge < -0.3 is 25.5 Å². The fraction of sp³-hybridized carbons (Fsp3) is 0.333. The summed E-state index contributed by atoms with van der Waals surface area (Å²) in [5, 5.41) is 58.0. The van der Waals surface area contributed by atoms with E-state index in [1.54, 1.807) is 36.0 Å². The smallest absolute Gasteiger partial charge is 0.113 e. The van der Waals surface area contributed by atoms with Crippen LogP contribution in [0.25, 0.3) is 16.9 Å². The Morgan fingerprint density at radius 2 is 1.55 bits per heavy atom. The van der Waals surface area contributed by atoms with Crippen LogP contribution in [0.4, 0.5) is 0 Å². The van der Waals surface area contributed by atoms with Crippen LogP contribution in [0.3, 0.4) is 0 Å². The van der Waals surface area contributed by atoms with Gasteiger partial charge in [-0.15, -0.1) is 5.10 Å². The lowest BCUT2D eigenvalue weighted by atomic mass is 9.93. The van der Waals surface area contributed by atoms with Crippen LogP contribution in [0.1, 0.15) is 24.2 Å².